The first-order valence-corrected chi connectivity index (χ1v) is 7.14. The predicted octanol–water partition coefficient (Wildman–Crippen LogP) is 3.27. The Morgan fingerprint density at radius 2 is 2.06 bits per heavy atom. The van der Waals surface area contributed by atoms with Gasteiger partial charge in [-0.3, -0.25) is 11.3 Å². The van der Waals surface area contributed by atoms with Gasteiger partial charge in [-0.05, 0) is 58.8 Å². The van der Waals surface area contributed by atoms with Gasteiger partial charge in [0.05, 0.1) is 11.6 Å². The molecule has 0 saturated carbocycles. The first-order valence-electron chi connectivity index (χ1n) is 6.35. The van der Waals surface area contributed by atoms with Gasteiger partial charge >= 0.3 is 0 Å². The van der Waals surface area contributed by atoms with Crippen molar-refractivity contribution in [2.45, 2.75) is 39.2 Å². The Balaban J connectivity index is 2.61. The van der Waals surface area contributed by atoms with Crippen LogP contribution < -0.4 is 16.0 Å². The fourth-order valence-electron chi connectivity index (χ4n) is 1.90. The van der Waals surface area contributed by atoms with Crippen LogP contribution >= 0.6 is 15.9 Å². The van der Waals surface area contributed by atoms with Gasteiger partial charge < -0.3 is 4.74 Å². The van der Waals surface area contributed by atoms with Gasteiger partial charge in [0, 0.05) is 6.04 Å². The molecule has 1 unspecified atom stereocenters. The van der Waals surface area contributed by atoms with Crippen molar-refractivity contribution in [3.63, 3.8) is 0 Å². The molecule has 0 amide bonds. The molecule has 0 aromatic heterocycles. The highest BCUT2D eigenvalue weighted by atomic mass is 79.9. The van der Waals surface area contributed by atoms with Crippen LogP contribution in [0, 0.1) is 5.92 Å². The quantitative estimate of drug-likeness (QED) is 0.600. The first kappa shape index (κ1) is 15.5. The third kappa shape index (κ3) is 4.96. The number of hydrogen-bond donors (Lipinski definition) is 2. The summed E-state index contributed by atoms with van der Waals surface area (Å²) in [5.74, 6) is 7.19. The third-order valence-electron chi connectivity index (χ3n) is 3.03. The van der Waals surface area contributed by atoms with Crippen molar-refractivity contribution in [3.05, 3.63) is 28.2 Å². The van der Waals surface area contributed by atoms with Crippen LogP contribution in [0.5, 0.6) is 5.75 Å². The minimum absolute atomic E-state index is 0.327. The molecule has 0 aliphatic carbocycles. The fourth-order valence-corrected chi connectivity index (χ4v) is 2.49. The average molecular weight is 315 g/mol. The van der Waals surface area contributed by atoms with Gasteiger partial charge in [-0.2, -0.15) is 0 Å². The number of ether oxygens (including phenoxy) is 1. The summed E-state index contributed by atoms with van der Waals surface area (Å²) in [6.07, 6.45) is 3.22. The zero-order chi connectivity index (χ0) is 13.5. The molecule has 0 bridgehead atoms. The summed E-state index contributed by atoms with van der Waals surface area (Å²) >= 11 is 3.50. The van der Waals surface area contributed by atoms with Gasteiger partial charge in [-0.25, -0.2) is 0 Å². The first-order chi connectivity index (χ1) is 8.56. The molecule has 1 aromatic rings. The van der Waals surface area contributed by atoms with Crippen molar-refractivity contribution < 1.29 is 4.74 Å². The number of hydrazine groups is 1. The highest BCUT2D eigenvalue weighted by Crippen LogP contribution is 2.26. The van der Waals surface area contributed by atoms with Gasteiger partial charge in [-0.15, -0.1) is 0 Å². The Bertz CT molecular complexity index is 369. The Labute approximate surface area is 118 Å². The zero-order valence-electron chi connectivity index (χ0n) is 11.4. The summed E-state index contributed by atoms with van der Waals surface area (Å²) < 4.78 is 6.21. The second-order valence-electron chi connectivity index (χ2n) is 5.01. The van der Waals surface area contributed by atoms with Crippen LogP contribution in [0.1, 0.15) is 32.3 Å². The molecular formula is C14H23BrN2O. The Kier molecular flexibility index (Phi) is 6.68. The normalized spacial score (nSPS) is 12.8. The summed E-state index contributed by atoms with van der Waals surface area (Å²) in [5.41, 5.74) is 4.17. The van der Waals surface area contributed by atoms with Crippen molar-refractivity contribution in [2.24, 2.45) is 11.8 Å². The van der Waals surface area contributed by atoms with E-state index in [0.717, 1.165) is 23.1 Å². The van der Waals surface area contributed by atoms with Crippen molar-refractivity contribution in [1.82, 2.24) is 5.43 Å². The lowest BCUT2D eigenvalue weighted by Gasteiger charge is -2.17. The lowest BCUT2D eigenvalue weighted by Crippen LogP contribution is -2.37. The lowest BCUT2D eigenvalue weighted by atomic mass is 9.98. The maximum absolute atomic E-state index is 5.61. The Morgan fingerprint density at radius 1 is 1.33 bits per heavy atom. The second kappa shape index (κ2) is 7.77. The highest BCUT2D eigenvalue weighted by molar-refractivity contribution is 9.10. The number of nitrogens with two attached hydrogens (primary N) is 1. The minimum Gasteiger partial charge on any atom is -0.496 e. The number of benzene rings is 1. The molecule has 1 rings (SSSR count). The van der Waals surface area contributed by atoms with Crippen LogP contribution in [0.3, 0.4) is 0 Å². The predicted molar refractivity (Wildman–Crippen MR) is 79.6 cm³/mol. The number of methoxy groups -OCH3 is 1. The number of rotatable bonds is 7. The van der Waals surface area contributed by atoms with E-state index < -0.39 is 0 Å². The summed E-state index contributed by atoms with van der Waals surface area (Å²) in [6, 6.07) is 6.49. The summed E-state index contributed by atoms with van der Waals surface area (Å²) in [5, 5.41) is 0. The van der Waals surface area contributed by atoms with Crippen LogP contribution in [-0.2, 0) is 6.42 Å². The van der Waals surface area contributed by atoms with Gasteiger partial charge in [0.15, 0.2) is 0 Å². The van der Waals surface area contributed by atoms with E-state index >= 15 is 0 Å². The fraction of sp³-hybridized carbons (Fsp3) is 0.571. The van der Waals surface area contributed by atoms with Crippen molar-refractivity contribution in [2.75, 3.05) is 7.11 Å². The number of hydrogen-bond acceptors (Lipinski definition) is 3. The lowest BCUT2D eigenvalue weighted by molar-refractivity contribution is 0.411. The monoisotopic (exact) mass is 314 g/mol. The maximum Gasteiger partial charge on any atom is 0.133 e. The highest BCUT2D eigenvalue weighted by Gasteiger charge is 2.10. The molecule has 0 radical (unpaired) electrons. The summed E-state index contributed by atoms with van der Waals surface area (Å²) in [4.78, 5) is 0. The molecular weight excluding hydrogens is 292 g/mol. The third-order valence-corrected chi connectivity index (χ3v) is 3.65. The molecule has 0 heterocycles. The van der Waals surface area contributed by atoms with Gasteiger partial charge in [0.25, 0.3) is 0 Å². The minimum atomic E-state index is 0.327. The molecule has 1 aromatic carbocycles. The maximum atomic E-state index is 5.61. The molecule has 0 fully saturated rings. The van der Waals surface area contributed by atoms with E-state index in [1.807, 2.05) is 6.07 Å². The molecule has 0 aliphatic rings. The molecule has 1 atom stereocenters. The molecule has 0 aliphatic heterocycles. The van der Waals surface area contributed by atoms with E-state index in [2.05, 4.69) is 47.3 Å². The average Bonchev–Trinajstić information content (AvgIpc) is 2.34. The molecule has 3 nitrogen and oxygen atoms in total. The van der Waals surface area contributed by atoms with Crippen LogP contribution in [0.15, 0.2) is 22.7 Å². The topological polar surface area (TPSA) is 47.3 Å². The SMILES string of the molecule is COc1ccc(CC(CCC(C)C)NN)cc1Br. The molecule has 3 N–H and O–H groups in total. The smallest absolute Gasteiger partial charge is 0.133 e. The van der Waals surface area contributed by atoms with Gasteiger partial charge in [0.2, 0.25) is 0 Å². The number of nitrogens with one attached hydrogen (secondary N) is 1. The molecule has 0 spiro atoms. The summed E-state index contributed by atoms with van der Waals surface area (Å²) in [7, 11) is 1.67. The van der Waals surface area contributed by atoms with E-state index in [-0.39, 0.29) is 0 Å². The Hall–Kier alpha value is -0.580. The van der Waals surface area contributed by atoms with Crippen molar-refractivity contribution >= 4 is 15.9 Å². The molecule has 18 heavy (non-hydrogen) atoms. The standard InChI is InChI=1S/C14H23BrN2O/c1-10(2)4-6-12(17-16)8-11-5-7-14(18-3)13(15)9-11/h5,7,9-10,12,17H,4,6,8,16H2,1-3H3. The molecule has 0 saturated heterocycles. The van der Waals surface area contributed by atoms with Gasteiger partial charge in [-0.1, -0.05) is 19.9 Å². The van der Waals surface area contributed by atoms with E-state index in [9.17, 15) is 0 Å². The van der Waals surface area contributed by atoms with Crippen molar-refractivity contribution in [3.8, 4) is 5.75 Å². The summed E-state index contributed by atoms with van der Waals surface area (Å²) in [6.45, 7) is 4.47. The zero-order valence-corrected chi connectivity index (χ0v) is 13.0. The van der Waals surface area contributed by atoms with E-state index in [0.29, 0.717) is 12.0 Å². The van der Waals surface area contributed by atoms with Crippen molar-refractivity contribution in [1.29, 1.82) is 0 Å². The van der Waals surface area contributed by atoms with Crippen LogP contribution in [0.2, 0.25) is 0 Å². The Morgan fingerprint density at radius 3 is 2.56 bits per heavy atom. The van der Waals surface area contributed by atoms with E-state index in [1.165, 1.54) is 12.0 Å². The van der Waals surface area contributed by atoms with Crippen LogP contribution in [-0.4, -0.2) is 13.2 Å². The van der Waals surface area contributed by atoms with Gasteiger partial charge in [0.1, 0.15) is 5.75 Å². The largest absolute Gasteiger partial charge is 0.496 e. The number of halogens is 1. The second-order valence-corrected chi connectivity index (χ2v) is 5.86. The van der Waals surface area contributed by atoms with E-state index in [1.54, 1.807) is 7.11 Å². The molecule has 4 heteroatoms. The van der Waals surface area contributed by atoms with Crippen LogP contribution in [0.4, 0.5) is 0 Å². The van der Waals surface area contributed by atoms with E-state index in [4.69, 9.17) is 10.6 Å². The van der Waals surface area contributed by atoms with Crippen LogP contribution in [0.25, 0.3) is 0 Å². The molecule has 102 valence electrons.